The third kappa shape index (κ3) is 8.96. The average molecular weight is 617 g/mol. The lowest BCUT2D eigenvalue weighted by atomic mass is 9.94. The van der Waals surface area contributed by atoms with Crippen molar-refractivity contribution in [3.05, 3.63) is 100 Å². The van der Waals surface area contributed by atoms with Gasteiger partial charge in [0.2, 0.25) is 21.8 Å². The molecule has 0 heterocycles. The third-order valence-corrected chi connectivity index (χ3v) is 8.81. The fourth-order valence-corrected chi connectivity index (χ4v) is 6.52. The molecule has 0 aliphatic heterocycles. The average Bonchev–Trinajstić information content (AvgIpc) is 2.94. The first-order valence-corrected chi connectivity index (χ1v) is 16.3. The number of anilines is 1. The molecule has 1 aliphatic rings. The van der Waals surface area contributed by atoms with Crippen molar-refractivity contribution in [1.29, 1.82) is 0 Å². The fourth-order valence-electron chi connectivity index (χ4n) is 5.18. The minimum atomic E-state index is -3.91. The van der Waals surface area contributed by atoms with Crippen molar-refractivity contribution in [1.82, 2.24) is 10.2 Å². The molecule has 0 saturated heterocycles. The number of benzene rings is 3. The number of halogens is 2. The predicted octanol–water partition coefficient (Wildman–Crippen LogP) is 5.85. The second kappa shape index (κ2) is 14.2. The van der Waals surface area contributed by atoms with E-state index in [1.165, 1.54) is 23.1 Å². The lowest BCUT2D eigenvalue weighted by Crippen LogP contribution is -2.55. The van der Waals surface area contributed by atoms with Crippen molar-refractivity contribution >= 4 is 50.7 Å². The maximum Gasteiger partial charge on any atom is 0.244 e. The molecule has 41 heavy (non-hydrogen) atoms. The molecule has 4 rings (SSSR count). The van der Waals surface area contributed by atoms with E-state index >= 15 is 0 Å². The Bertz CT molecular complexity index is 1410. The molecule has 218 valence electrons. The lowest BCUT2D eigenvalue weighted by molar-refractivity contribution is -0.140. The highest BCUT2D eigenvalue weighted by molar-refractivity contribution is 7.92. The zero-order valence-corrected chi connectivity index (χ0v) is 25.3. The molecule has 1 atom stereocenters. The molecule has 1 fully saturated rings. The van der Waals surface area contributed by atoms with E-state index in [0.29, 0.717) is 0 Å². The Morgan fingerprint density at radius 2 is 1.44 bits per heavy atom. The van der Waals surface area contributed by atoms with E-state index in [0.717, 1.165) is 53.8 Å². The zero-order valence-electron chi connectivity index (χ0n) is 23.0. The van der Waals surface area contributed by atoms with E-state index in [-0.39, 0.29) is 40.6 Å². The number of nitrogens with zero attached hydrogens (tertiary/aromatic N) is 2. The summed E-state index contributed by atoms with van der Waals surface area (Å²) in [5.74, 6) is -0.767. The molecule has 0 unspecified atom stereocenters. The van der Waals surface area contributed by atoms with Crippen molar-refractivity contribution in [2.24, 2.45) is 0 Å². The smallest absolute Gasteiger partial charge is 0.244 e. The molecule has 0 radical (unpaired) electrons. The van der Waals surface area contributed by atoms with Crippen LogP contribution in [0.15, 0.2) is 78.9 Å². The van der Waals surface area contributed by atoms with E-state index in [1.54, 1.807) is 0 Å². The van der Waals surface area contributed by atoms with Crippen molar-refractivity contribution in [2.75, 3.05) is 17.1 Å². The SMILES string of the molecule is CS(=O)(=O)N(CC(=O)N(Cc1ccccc1)[C@@H](Cc1ccccc1)C(=O)NC1CCCCC1)c1cc(Cl)cc(Cl)c1. The van der Waals surface area contributed by atoms with Gasteiger partial charge in [0.15, 0.2) is 0 Å². The van der Waals surface area contributed by atoms with Crippen LogP contribution < -0.4 is 9.62 Å². The predicted molar refractivity (Wildman–Crippen MR) is 165 cm³/mol. The molecular formula is C31H35Cl2N3O4S. The maximum absolute atomic E-state index is 14.2. The number of nitrogens with one attached hydrogen (secondary N) is 1. The van der Waals surface area contributed by atoms with Crippen LogP contribution in [0.25, 0.3) is 0 Å². The first kappa shape index (κ1) is 30.9. The van der Waals surface area contributed by atoms with Gasteiger partial charge in [0.1, 0.15) is 12.6 Å². The van der Waals surface area contributed by atoms with E-state index in [2.05, 4.69) is 5.32 Å². The summed E-state index contributed by atoms with van der Waals surface area (Å²) in [6, 6.07) is 22.4. The second-order valence-electron chi connectivity index (χ2n) is 10.5. The number of hydrogen-bond donors (Lipinski definition) is 1. The monoisotopic (exact) mass is 615 g/mol. The minimum absolute atomic E-state index is 0.0457. The van der Waals surface area contributed by atoms with Crippen LogP contribution in [0, 0.1) is 0 Å². The van der Waals surface area contributed by atoms with Crippen LogP contribution in [0.2, 0.25) is 10.0 Å². The lowest BCUT2D eigenvalue weighted by Gasteiger charge is -2.35. The first-order chi connectivity index (χ1) is 19.6. The van der Waals surface area contributed by atoms with Crippen molar-refractivity contribution in [2.45, 2.75) is 57.2 Å². The van der Waals surface area contributed by atoms with E-state index in [9.17, 15) is 18.0 Å². The maximum atomic E-state index is 14.2. The number of sulfonamides is 1. The summed E-state index contributed by atoms with van der Waals surface area (Å²) in [6.07, 6.45) is 6.33. The van der Waals surface area contributed by atoms with Gasteiger partial charge < -0.3 is 10.2 Å². The van der Waals surface area contributed by atoms with Gasteiger partial charge in [-0.25, -0.2) is 8.42 Å². The van der Waals surface area contributed by atoms with Gasteiger partial charge in [-0.05, 0) is 42.2 Å². The summed E-state index contributed by atoms with van der Waals surface area (Å²) in [7, 11) is -3.91. The number of carbonyl (C=O) groups excluding carboxylic acids is 2. The molecular weight excluding hydrogens is 581 g/mol. The topological polar surface area (TPSA) is 86.8 Å². The Morgan fingerprint density at radius 3 is 2.00 bits per heavy atom. The van der Waals surface area contributed by atoms with Crippen molar-refractivity contribution in [3.8, 4) is 0 Å². The highest BCUT2D eigenvalue weighted by Gasteiger charge is 2.34. The molecule has 3 aromatic rings. The molecule has 0 spiro atoms. The summed E-state index contributed by atoms with van der Waals surface area (Å²) in [5, 5.41) is 3.67. The molecule has 1 aliphatic carbocycles. The molecule has 3 aromatic carbocycles. The molecule has 1 N–H and O–H groups in total. The Morgan fingerprint density at radius 1 is 0.878 bits per heavy atom. The van der Waals surface area contributed by atoms with Crippen LogP contribution in [-0.2, 0) is 32.6 Å². The number of hydrogen-bond acceptors (Lipinski definition) is 4. The van der Waals surface area contributed by atoms with Crippen molar-refractivity contribution < 1.29 is 18.0 Å². The Hall–Kier alpha value is -3.07. The Labute approximate surface area is 252 Å². The van der Waals surface area contributed by atoms with Crippen LogP contribution >= 0.6 is 23.2 Å². The van der Waals surface area contributed by atoms with E-state index in [4.69, 9.17) is 23.2 Å². The van der Waals surface area contributed by atoms with Gasteiger partial charge in [-0.1, -0.05) is 103 Å². The van der Waals surface area contributed by atoms with Gasteiger partial charge in [-0.3, -0.25) is 13.9 Å². The zero-order chi connectivity index (χ0) is 29.4. The quantitative estimate of drug-likeness (QED) is 0.293. The molecule has 2 amide bonds. The van der Waals surface area contributed by atoms with Gasteiger partial charge in [0, 0.05) is 29.1 Å². The summed E-state index contributed by atoms with van der Waals surface area (Å²) in [5.41, 5.74) is 1.88. The molecule has 10 heteroatoms. The van der Waals surface area contributed by atoms with Gasteiger partial charge in [0.05, 0.1) is 11.9 Å². The second-order valence-corrected chi connectivity index (χ2v) is 13.2. The summed E-state index contributed by atoms with van der Waals surface area (Å²) >= 11 is 12.3. The van der Waals surface area contributed by atoms with Crippen LogP contribution in [0.1, 0.15) is 43.2 Å². The first-order valence-electron chi connectivity index (χ1n) is 13.7. The van der Waals surface area contributed by atoms with Crippen molar-refractivity contribution in [3.63, 3.8) is 0 Å². The third-order valence-electron chi connectivity index (χ3n) is 7.23. The van der Waals surface area contributed by atoms with Gasteiger partial charge in [-0.15, -0.1) is 0 Å². The fraction of sp³-hybridized carbons (Fsp3) is 0.355. The van der Waals surface area contributed by atoms with Crippen LogP contribution in [-0.4, -0.2) is 50.0 Å². The van der Waals surface area contributed by atoms with Gasteiger partial charge in [0.25, 0.3) is 0 Å². The normalized spacial score (nSPS) is 14.7. The highest BCUT2D eigenvalue weighted by Crippen LogP contribution is 2.28. The van der Waals surface area contributed by atoms with Crippen LogP contribution in [0.3, 0.4) is 0 Å². The minimum Gasteiger partial charge on any atom is -0.352 e. The van der Waals surface area contributed by atoms with Gasteiger partial charge in [-0.2, -0.15) is 0 Å². The molecule has 1 saturated carbocycles. The summed E-state index contributed by atoms with van der Waals surface area (Å²) < 4.78 is 26.8. The molecule has 0 aromatic heterocycles. The highest BCUT2D eigenvalue weighted by atomic mass is 35.5. The van der Waals surface area contributed by atoms with E-state index < -0.39 is 28.5 Å². The van der Waals surface area contributed by atoms with Gasteiger partial charge >= 0.3 is 0 Å². The molecule has 7 nitrogen and oxygen atoms in total. The van der Waals surface area contributed by atoms with E-state index in [1.807, 2.05) is 60.7 Å². The summed E-state index contributed by atoms with van der Waals surface area (Å²) in [4.78, 5) is 29.6. The number of rotatable bonds is 11. The largest absolute Gasteiger partial charge is 0.352 e. The standard InChI is InChI=1S/C31H35Cl2N3O4S/c1-41(39,40)36(28-19-25(32)18-26(33)20-28)22-30(37)35(21-24-13-7-3-8-14-24)29(17-23-11-5-2-6-12-23)31(38)34-27-15-9-4-10-16-27/h2-3,5-8,11-14,18-20,27,29H,4,9-10,15-17,21-22H2,1H3,(H,34,38)/t29-/m0/s1. The number of amides is 2. The Kier molecular flexibility index (Phi) is 10.7. The Balaban J connectivity index is 1.71. The van der Waals surface area contributed by atoms with Crippen LogP contribution in [0.4, 0.5) is 5.69 Å². The van der Waals surface area contributed by atoms with Crippen LogP contribution in [0.5, 0.6) is 0 Å². The number of carbonyl (C=O) groups is 2. The molecule has 0 bridgehead atoms. The summed E-state index contributed by atoms with van der Waals surface area (Å²) in [6.45, 7) is -0.395.